The smallest absolute Gasteiger partial charge is 0.0785 e. The van der Waals surface area contributed by atoms with Gasteiger partial charge in [-0.3, -0.25) is 9.36 Å². The first-order valence-corrected chi connectivity index (χ1v) is 10.2. The van der Waals surface area contributed by atoms with E-state index in [1.807, 2.05) is 22.6 Å². The molecule has 7 nitrogen and oxygen atoms in total. The molecular weight excluding hydrogens is 366 g/mol. The molecule has 2 fully saturated rings. The molecule has 8 heteroatoms. The molecule has 4 rings (SSSR count). The average molecular weight is 394 g/mol. The highest BCUT2D eigenvalue weighted by molar-refractivity contribution is 6.30. The van der Waals surface area contributed by atoms with Crippen molar-refractivity contribution in [1.29, 1.82) is 0 Å². The molecule has 0 amide bonds. The lowest BCUT2D eigenvalue weighted by atomic mass is 9.94. The molecule has 1 saturated carbocycles. The van der Waals surface area contributed by atoms with Gasteiger partial charge in [0.15, 0.2) is 0 Å². The lowest BCUT2D eigenvalue weighted by Gasteiger charge is -2.22. The topological polar surface area (TPSA) is 77.1 Å². The molecule has 27 heavy (non-hydrogen) atoms. The van der Waals surface area contributed by atoms with Crippen molar-refractivity contribution >= 4 is 11.6 Å². The van der Waals surface area contributed by atoms with E-state index in [0.717, 1.165) is 52.0 Å². The van der Waals surface area contributed by atoms with Crippen LogP contribution in [-0.4, -0.2) is 50.0 Å². The first-order valence-electron chi connectivity index (χ1n) is 9.78. The fourth-order valence-electron chi connectivity index (χ4n) is 4.44. The van der Waals surface area contributed by atoms with E-state index >= 15 is 0 Å². The summed E-state index contributed by atoms with van der Waals surface area (Å²) in [6.07, 6.45) is 9.05. The normalized spacial score (nSPS) is 26.7. The van der Waals surface area contributed by atoms with Crippen molar-refractivity contribution in [3.8, 4) is 0 Å². The summed E-state index contributed by atoms with van der Waals surface area (Å²) in [6.45, 7) is 3.16. The number of aliphatic hydroxyl groups excluding tert-OH is 1. The Hall–Kier alpha value is -1.41. The standard InChI is InChI=1S/C19H28ClN5O2/c1-24-11-15(19(23-24)14-2-4-27-5-3-14)8-21-17-6-13(7-18(17)26)10-25-12-16(20)9-22-25/h9,11-14,17-18,21,26H,2-8,10H2,1H3/t13?,17-,18-/m1/s1. The summed E-state index contributed by atoms with van der Waals surface area (Å²) in [6, 6.07) is 0.101. The molecule has 0 aromatic carbocycles. The highest BCUT2D eigenvalue weighted by Crippen LogP contribution is 2.30. The third-order valence-electron chi connectivity index (χ3n) is 5.77. The Morgan fingerprint density at radius 2 is 2.11 bits per heavy atom. The van der Waals surface area contributed by atoms with Gasteiger partial charge in [0, 0.05) is 63.3 Å². The largest absolute Gasteiger partial charge is 0.391 e. The van der Waals surface area contributed by atoms with E-state index in [9.17, 15) is 5.11 Å². The second kappa shape index (κ2) is 8.31. The van der Waals surface area contributed by atoms with Crippen LogP contribution in [0.1, 0.15) is 42.9 Å². The van der Waals surface area contributed by atoms with Gasteiger partial charge in [-0.15, -0.1) is 0 Å². The lowest BCUT2D eigenvalue weighted by molar-refractivity contribution is 0.0841. The average Bonchev–Trinajstić information content (AvgIpc) is 3.33. The molecule has 0 radical (unpaired) electrons. The predicted molar refractivity (Wildman–Crippen MR) is 103 cm³/mol. The monoisotopic (exact) mass is 393 g/mol. The van der Waals surface area contributed by atoms with Gasteiger partial charge in [-0.25, -0.2) is 0 Å². The number of halogens is 1. The zero-order chi connectivity index (χ0) is 18.8. The summed E-state index contributed by atoms with van der Waals surface area (Å²) in [5.74, 6) is 0.875. The van der Waals surface area contributed by atoms with Crippen LogP contribution in [0.3, 0.4) is 0 Å². The number of hydrogen-bond donors (Lipinski definition) is 2. The van der Waals surface area contributed by atoms with Gasteiger partial charge in [0.1, 0.15) is 0 Å². The highest BCUT2D eigenvalue weighted by Gasteiger charge is 2.33. The molecule has 0 bridgehead atoms. The van der Waals surface area contributed by atoms with Gasteiger partial charge in [-0.1, -0.05) is 11.6 Å². The van der Waals surface area contributed by atoms with E-state index in [2.05, 4.69) is 16.6 Å². The Balaban J connectivity index is 1.34. The number of aliphatic hydroxyl groups is 1. The zero-order valence-electron chi connectivity index (χ0n) is 15.7. The fraction of sp³-hybridized carbons (Fsp3) is 0.684. The van der Waals surface area contributed by atoms with Crippen LogP contribution in [0.5, 0.6) is 0 Å². The Kier molecular flexibility index (Phi) is 5.82. The first kappa shape index (κ1) is 18.9. The maximum atomic E-state index is 10.5. The molecule has 2 N–H and O–H groups in total. The number of aromatic nitrogens is 4. The van der Waals surface area contributed by atoms with Crippen molar-refractivity contribution in [1.82, 2.24) is 24.9 Å². The number of aryl methyl sites for hydroxylation is 1. The Labute approximate surface area is 164 Å². The van der Waals surface area contributed by atoms with Crippen LogP contribution in [0.4, 0.5) is 0 Å². The van der Waals surface area contributed by atoms with Crippen LogP contribution in [0.15, 0.2) is 18.6 Å². The fourth-order valence-corrected chi connectivity index (χ4v) is 4.59. The van der Waals surface area contributed by atoms with Gasteiger partial charge in [0.05, 0.1) is 23.0 Å². The molecule has 1 aliphatic carbocycles. The number of rotatable bonds is 6. The Bertz CT molecular complexity index is 755. The highest BCUT2D eigenvalue weighted by atomic mass is 35.5. The van der Waals surface area contributed by atoms with Crippen LogP contribution in [0.25, 0.3) is 0 Å². The minimum absolute atomic E-state index is 0.101. The van der Waals surface area contributed by atoms with E-state index in [4.69, 9.17) is 21.4 Å². The van der Waals surface area contributed by atoms with Gasteiger partial charge in [0.2, 0.25) is 0 Å². The molecule has 2 aromatic rings. The predicted octanol–water partition coefficient (Wildman–Crippen LogP) is 2.09. The number of nitrogens with zero attached hydrogens (tertiary/aromatic N) is 4. The maximum Gasteiger partial charge on any atom is 0.0785 e. The quantitative estimate of drug-likeness (QED) is 0.785. The van der Waals surface area contributed by atoms with Gasteiger partial charge >= 0.3 is 0 Å². The Morgan fingerprint density at radius 1 is 1.30 bits per heavy atom. The summed E-state index contributed by atoms with van der Waals surface area (Å²) in [7, 11) is 1.97. The van der Waals surface area contributed by atoms with Crippen molar-refractivity contribution in [3.63, 3.8) is 0 Å². The second-order valence-corrected chi connectivity index (χ2v) is 8.31. The van der Waals surface area contributed by atoms with E-state index in [1.54, 1.807) is 6.20 Å². The summed E-state index contributed by atoms with van der Waals surface area (Å²) in [4.78, 5) is 0. The lowest BCUT2D eigenvalue weighted by Crippen LogP contribution is -2.35. The molecule has 3 atom stereocenters. The molecular formula is C19H28ClN5O2. The van der Waals surface area contributed by atoms with Crippen LogP contribution in [-0.2, 0) is 24.9 Å². The summed E-state index contributed by atoms with van der Waals surface area (Å²) in [5.41, 5.74) is 2.42. The third-order valence-corrected chi connectivity index (χ3v) is 5.97. The minimum Gasteiger partial charge on any atom is -0.391 e. The number of nitrogens with one attached hydrogen (secondary N) is 1. The summed E-state index contributed by atoms with van der Waals surface area (Å²) in [5, 5.41) is 23.7. The summed E-state index contributed by atoms with van der Waals surface area (Å²) >= 11 is 5.94. The van der Waals surface area contributed by atoms with Gasteiger partial charge in [-0.2, -0.15) is 10.2 Å². The van der Waals surface area contributed by atoms with Gasteiger partial charge < -0.3 is 15.2 Å². The molecule has 1 saturated heterocycles. The summed E-state index contributed by atoms with van der Waals surface area (Å²) < 4.78 is 9.25. The van der Waals surface area contributed by atoms with Crippen molar-refractivity contribution in [2.75, 3.05) is 13.2 Å². The van der Waals surface area contributed by atoms with Crippen LogP contribution in [0, 0.1) is 5.92 Å². The van der Waals surface area contributed by atoms with Gasteiger partial charge in [-0.05, 0) is 31.6 Å². The van der Waals surface area contributed by atoms with Gasteiger partial charge in [0.25, 0.3) is 0 Å². The van der Waals surface area contributed by atoms with Crippen molar-refractivity contribution in [2.24, 2.45) is 13.0 Å². The van der Waals surface area contributed by atoms with E-state index < -0.39 is 0 Å². The first-order chi connectivity index (χ1) is 13.1. The maximum absolute atomic E-state index is 10.5. The molecule has 0 spiro atoms. The van der Waals surface area contributed by atoms with E-state index in [0.29, 0.717) is 16.9 Å². The number of ether oxygens (including phenoxy) is 1. The zero-order valence-corrected chi connectivity index (χ0v) is 16.5. The third kappa shape index (κ3) is 4.54. The molecule has 2 aromatic heterocycles. The van der Waals surface area contributed by atoms with Crippen molar-refractivity contribution < 1.29 is 9.84 Å². The second-order valence-electron chi connectivity index (χ2n) is 7.87. The molecule has 148 valence electrons. The van der Waals surface area contributed by atoms with E-state index in [-0.39, 0.29) is 12.1 Å². The Morgan fingerprint density at radius 3 is 2.85 bits per heavy atom. The SMILES string of the molecule is Cn1cc(CN[C@@H]2CC(Cn3cc(Cl)cn3)C[C@H]2O)c(C2CCOCC2)n1. The molecule has 2 aliphatic rings. The van der Waals surface area contributed by atoms with Crippen molar-refractivity contribution in [2.45, 2.75) is 56.8 Å². The number of hydrogen-bond acceptors (Lipinski definition) is 5. The van der Waals surface area contributed by atoms with Crippen LogP contribution < -0.4 is 5.32 Å². The van der Waals surface area contributed by atoms with E-state index in [1.165, 1.54) is 11.3 Å². The van der Waals surface area contributed by atoms with Crippen LogP contribution >= 0.6 is 11.6 Å². The molecule has 3 heterocycles. The molecule has 1 aliphatic heterocycles. The molecule has 1 unspecified atom stereocenters. The van der Waals surface area contributed by atoms with Crippen molar-refractivity contribution in [3.05, 3.63) is 34.9 Å². The van der Waals surface area contributed by atoms with Crippen LogP contribution in [0.2, 0.25) is 5.02 Å². The minimum atomic E-state index is -0.329.